The maximum absolute atomic E-state index is 5.95. The van der Waals surface area contributed by atoms with Crippen molar-refractivity contribution >= 4 is 47.4 Å². The van der Waals surface area contributed by atoms with Gasteiger partial charge in [0, 0.05) is 12.2 Å². The van der Waals surface area contributed by atoms with Gasteiger partial charge in [0.1, 0.15) is 0 Å². The number of benzene rings is 1. The number of nitrogens with zero attached hydrogens (tertiary/aromatic N) is 1. The average Bonchev–Trinajstić information content (AvgIpc) is 2.44. The number of nitrogens with two attached hydrogens (primary N) is 1. The monoisotopic (exact) mass is 405 g/mol. The molecule has 1 aliphatic carbocycles. The van der Waals surface area contributed by atoms with Crippen LogP contribution in [0.2, 0.25) is 0 Å². The summed E-state index contributed by atoms with van der Waals surface area (Å²) in [5.74, 6) is 1.68. The number of anilines is 1. The van der Waals surface area contributed by atoms with Crippen LogP contribution in [-0.4, -0.2) is 24.5 Å². The molecule has 0 bridgehead atoms. The first-order chi connectivity index (χ1) is 9.31. The number of rotatable bonds is 5. The fourth-order valence-corrected chi connectivity index (χ4v) is 2.90. The number of aryl methyl sites for hydroxylation is 1. The lowest BCUT2D eigenvalue weighted by Crippen LogP contribution is -2.24. The molecule has 1 aromatic carbocycles. The average molecular weight is 405 g/mol. The van der Waals surface area contributed by atoms with E-state index in [4.69, 9.17) is 5.73 Å². The molecule has 5 heteroatoms. The van der Waals surface area contributed by atoms with E-state index in [0.29, 0.717) is 5.96 Å². The Morgan fingerprint density at radius 2 is 2.15 bits per heavy atom. The molecule has 112 valence electrons. The van der Waals surface area contributed by atoms with Gasteiger partial charge in [-0.15, -0.1) is 24.0 Å². The molecule has 0 aromatic heterocycles. The molecule has 3 nitrogen and oxygen atoms in total. The second-order valence-electron chi connectivity index (χ2n) is 4.89. The van der Waals surface area contributed by atoms with E-state index in [2.05, 4.69) is 34.8 Å². The predicted molar refractivity (Wildman–Crippen MR) is 102 cm³/mol. The Kier molecular flexibility index (Phi) is 8.37. The molecular formula is C15H24IN3S. The molecule has 0 amide bonds. The van der Waals surface area contributed by atoms with Crippen molar-refractivity contribution in [3.8, 4) is 0 Å². The first-order valence-electron chi connectivity index (χ1n) is 6.98. The SMILES string of the molecule is CSCCCN=C(N)Nc1cccc2c1CCCC2.I. The molecule has 0 radical (unpaired) electrons. The largest absolute Gasteiger partial charge is 0.370 e. The van der Waals surface area contributed by atoms with Gasteiger partial charge in [-0.05, 0) is 61.3 Å². The van der Waals surface area contributed by atoms with Crippen LogP contribution in [0, 0.1) is 0 Å². The van der Waals surface area contributed by atoms with Gasteiger partial charge < -0.3 is 11.1 Å². The molecule has 2 rings (SSSR count). The van der Waals surface area contributed by atoms with E-state index < -0.39 is 0 Å². The number of aliphatic imine (C=N–C) groups is 1. The van der Waals surface area contributed by atoms with Crippen molar-refractivity contribution in [2.75, 3.05) is 23.9 Å². The lowest BCUT2D eigenvalue weighted by molar-refractivity contribution is 0.687. The highest BCUT2D eigenvalue weighted by molar-refractivity contribution is 14.0. The molecule has 0 saturated carbocycles. The minimum atomic E-state index is 0. The van der Waals surface area contributed by atoms with Crippen molar-refractivity contribution < 1.29 is 0 Å². The Bertz CT molecular complexity index is 449. The Hall–Kier alpha value is -0.430. The lowest BCUT2D eigenvalue weighted by atomic mass is 9.90. The van der Waals surface area contributed by atoms with Gasteiger partial charge in [-0.25, -0.2) is 0 Å². The Morgan fingerprint density at radius 3 is 2.95 bits per heavy atom. The molecule has 0 saturated heterocycles. The van der Waals surface area contributed by atoms with Crippen LogP contribution in [0.1, 0.15) is 30.4 Å². The summed E-state index contributed by atoms with van der Waals surface area (Å²) in [6.45, 7) is 0.800. The van der Waals surface area contributed by atoms with Crippen molar-refractivity contribution in [3.63, 3.8) is 0 Å². The number of fused-ring (bicyclic) bond motifs is 1. The van der Waals surface area contributed by atoms with Crippen LogP contribution in [0.4, 0.5) is 5.69 Å². The van der Waals surface area contributed by atoms with Crippen molar-refractivity contribution in [2.45, 2.75) is 32.1 Å². The summed E-state index contributed by atoms with van der Waals surface area (Å²) in [7, 11) is 0. The molecule has 0 unspecified atom stereocenters. The highest BCUT2D eigenvalue weighted by atomic mass is 127. The van der Waals surface area contributed by atoms with Crippen LogP contribution >= 0.6 is 35.7 Å². The topological polar surface area (TPSA) is 50.4 Å². The molecule has 0 aliphatic heterocycles. The zero-order valence-electron chi connectivity index (χ0n) is 12.0. The zero-order chi connectivity index (χ0) is 13.5. The van der Waals surface area contributed by atoms with E-state index in [-0.39, 0.29) is 24.0 Å². The molecule has 0 heterocycles. The third-order valence-corrected chi connectivity index (χ3v) is 4.14. The molecular weight excluding hydrogens is 381 g/mol. The van der Waals surface area contributed by atoms with Gasteiger partial charge in [0.05, 0.1) is 0 Å². The first kappa shape index (κ1) is 17.6. The van der Waals surface area contributed by atoms with Gasteiger partial charge >= 0.3 is 0 Å². The number of guanidine groups is 1. The number of halogens is 1. The normalized spacial score (nSPS) is 14.3. The molecule has 1 aromatic rings. The number of thioether (sulfide) groups is 1. The summed E-state index contributed by atoms with van der Waals surface area (Å²) in [4.78, 5) is 4.38. The minimum Gasteiger partial charge on any atom is -0.370 e. The fraction of sp³-hybridized carbons (Fsp3) is 0.533. The van der Waals surface area contributed by atoms with Gasteiger partial charge in [-0.1, -0.05) is 12.1 Å². The molecule has 3 N–H and O–H groups in total. The Morgan fingerprint density at radius 1 is 1.35 bits per heavy atom. The maximum atomic E-state index is 5.95. The van der Waals surface area contributed by atoms with E-state index in [1.807, 2.05) is 11.8 Å². The highest BCUT2D eigenvalue weighted by Gasteiger charge is 2.12. The third-order valence-electron chi connectivity index (χ3n) is 3.45. The highest BCUT2D eigenvalue weighted by Crippen LogP contribution is 2.27. The summed E-state index contributed by atoms with van der Waals surface area (Å²) >= 11 is 1.85. The second-order valence-corrected chi connectivity index (χ2v) is 5.87. The molecule has 0 atom stereocenters. The van der Waals surface area contributed by atoms with Gasteiger partial charge in [0.25, 0.3) is 0 Å². The summed E-state index contributed by atoms with van der Waals surface area (Å²) < 4.78 is 0. The van der Waals surface area contributed by atoms with E-state index in [0.717, 1.165) is 30.8 Å². The number of hydrogen-bond donors (Lipinski definition) is 2. The van der Waals surface area contributed by atoms with Gasteiger partial charge in [0.2, 0.25) is 0 Å². The van der Waals surface area contributed by atoms with Gasteiger partial charge in [0.15, 0.2) is 5.96 Å². The number of nitrogens with one attached hydrogen (secondary N) is 1. The second kappa shape index (κ2) is 9.50. The van der Waals surface area contributed by atoms with Crippen LogP contribution in [0.3, 0.4) is 0 Å². The Balaban J connectivity index is 0.00000200. The van der Waals surface area contributed by atoms with E-state index in [1.54, 1.807) is 0 Å². The van der Waals surface area contributed by atoms with E-state index in [9.17, 15) is 0 Å². The van der Waals surface area contributed by atoms with Crippen LogP contribution in [0.5, 0.6) is 0 Å². The summed E-state index contributed by atoms with van der Waals surface area (Å²) in [6.07, 6.45) is 8.11. The predicted octanol–water partition coefficient (Wildman–Crippen LogP) is 3.66. The van der Waals surface area contributed by atoms with Gasteiger partial charge in [-0.2, -0.15) is 11.8 Å². The molecule has 0 fully saturated rings. The van der Waals surface area contributed by atoms with Crippen LogP contribution in [-0.2, 0) is 12.8 Å². The quantitative estimate of drug-likeness (QED) is 0.340. The zero-order valence-corrected chi connectivity index (χ0v) is 15.2. The van der Waals surface area contributed by atoms with Crippen molar-refractivity contribution in [1.29, 1.82) is 0 Å². The minimum absolute atomic E-state index is 0. The Labute approximate surface area is 143 Å². The third kappa shape index (κ3) is 5.16. The molecule has 20 heavy (non-hydrogen) atoms. The van der Waals surface area contributed by atoms with Crippen LogP contribution < -0.4 is 11.1 Å². The fourth-order valence-electron chi connectivity index (χ4n) is 2.48. The summed E-state index contributed by atoms with van der Waals surface area (Å²) in [5.41, 5.74) is 9.99. The molecule has 1 aliphatic rings. The van der Waals surface area contributed by atoms with Crippen LogP contribution in [0.25, 0.3) is 0 Å². The molecule has 0 spiro atoms. The number of hydrogen-bond acceptors (Lipinski definition) is 2. The summed E-state index contributed by atoms with van der Waals surface area (Å²) in [5, 5.41) is 3.27. The van der Waals surface area contributed by atoms with Gasteiger partial charge in [-0.3, -0.25) is 4.99 Å². The smallest absolute Gasteiger partial charge is 0.193 e. The van der Waals surface area contributed by atoms with Crippen LogP contribution in [0.15, 0.2) is 23.2 Å². The van der Waals surface area contributed by atoms with E-state index >= 15 is 0 Å². The standard InChI is InChI=1S/C15H23N3S.HI/c1-19-11-5-10-17-15(16)18-14-9-4-7-12-6-2-3-8-13(12)14;/h4,7,9H,2-3,5-6,8,10-11H2,1H3,(H3,16,17,18);1H. The van der Waals surface area contributed by atoms with E-state index in [1.165, 1.54) is 30.4 Å². The first-order valence-corrected chi connectivity index (χ1v) is 8.37. The van der Waals surface area contributed by atoms with Crippen molar-refractivity contribution in [2.24, 2.45) is 10.7 Å². The summed E-state index contributed by atoms with van der Waals surface area (Å²) in [6, 6.07) is 6.44. The lowest BCUT2D eigenvalue weighted by Gasteiger charge is -2.19. The van der Waals surface area contributed by atoms with Crippen molar-refractivity contribution in [1.82, 2.24) is 0 Å². The van der Waals surface area contributed by atoms with Crippen molar-refractivity contribution in [3.05, 3.63) is 29.3 Å². The maximum Gasteiger partial charge on any atom is 0.193 e.